The van der Waals surface area contributed by atoms with E-state index in [1.807, 2.05) is 6.20 Å². The molecule has 0 unspecified atom stereocenters. The van der Waals surface area contributed by atoms with E-state index in [0.29, 0.717) is 0 Å². The number of H-pyrrole nitrogens is 1. The molecule has 0 atom stereocenters. The monoisotopic (exact) mass is 398 g/mol. The van der Waals surface area contributed by atoms with Crippen molar-refractivity contribution in [2.24, 2.45) is 0 Å². The van der Waals surface area contributed by atoms with Gasteiger partial charge in [0.2, 0.25) is 0 Å². The van der Waals surface area contributed by atoms with Gasteiger partial charge >= 0.3 is 0 Å². The Balaban J connectivity index is 1.58. The van der Waals surface area contributed by atoms with Gasteiger partial charge in [0.25, 0.3) is 0 Å². The first kappa shape index (κ1) is 16.7. The molecule has 0 bridgehead atoms. The molecule has 5 heteroatoms. The van der Waals surface area contributed by atoms with Crippen LogP contribution in [0.5, 0.6) is 0 Å². The first-order chi connectivity index (χ1) is 11.9. The number of fused-ring (bicyclic) bond motifs is 2. The predicted octanol–water partition coefficient (Wildman–Crippen LogP) is 4.58. The molecule has 1 aliphatic heterocycles. The maximum atomic E-state index is 4.87. The van der Waals surface area contributed by atoms with Crippen LogP contribution >= 0.6 is 15.9 Å². The van der Waals surface area contributed by atoms with Crippen LogP contribution in [0.2, 0.25) is 0 Å². The van der Waals surface area contributed by atoms with E-state index in [1.54, 1.807) is 0 Å². The van der Waals surface area contributed by atoms with Gasteiger partial charge in [-0.3, -0.25) is 4.90 Å². The molecule has 0 saturated heterocycles. The number of nitrogens with zero attached hydrogens (tertiary/aromatic N) is 3. The number of hydrogen-bond acceptors (Lipinski definition) is 3. The highest BCUT2D eigenvalue weighted by Crippen LogP contribution is 2.26. The van der Waals surface area contributed by atoms with Gasteiger partial charge in [-0.2, -0.15) is 0 Å². The fraction of sp³-hybridized carbons (Fsp3) is 0.400. The summed E-state index contributed by atoms with van der Waals surface area (Å²) in [5, 5.41) is 1.29. The first-order valence-corrected chi connectivity index (χ1v) is 9.52. The SMILES string of the molecule is CC(C)(C)c1ncc2c(n1)CN(Cc1c[nH]c3ccc(Br)cc13)CC2. The molecule has 130 valence electrons. The number of hydrogen-bond donors (Lipinski definition) is 1. The summed E-state index contributed by atoms with van der Waals surface area (Å²) < 4.78 is 1.12. The van der Waals surface area contributed by atoms with E-state index in [0.717, 1.165) is 36.4 Å². The second kappa shape index (κ2) is 6.22. The van der Waals surface area contributed by atoms with Crippen molar-refractivity contribution in [1.29, 1.82) is 0 Å². The lowest BCUT2D eigenvalue weighted by molar-refractivity contribution is 0.241. The van der Waals surface area contributed by atoms with Gasteiger partial charge in [0.15, 0.2) is 0 Å². The van der Waals surface area contributed by atoms with E-state index in [-0.39, 0.29) is 5.41 Å². The van der Waals surface area contributed by atoms with Crippen molar-refractivity contribution in [1.82, 2.24) is 19.9 Å². The van der Waals surface area contributed by atoms with Crippen LogP contribution in [0.4, 0.5) is 0 Å². The minimum absolute atomic E-state index is 0.0135. The maximum Gasteiger partial charge on any atom is 0.133 e. The lowest BCUT2D eigenvalue weighted by Crippen LogP contribution is -2.32. The molecule has 0 aliphatic carbocycles. The van der Waals surface area contributed by atoms with E-state index in [1.165, 1.54) is 27.7 Å². The van der Waals surface area contributed by atoms with E-state index < -0.39 is 0 Å². The molecule has 1 aliphatic rings. The molecule has 4 rings (SSSR count). The second-order valence-electron chi connectivity index (χ2n) is 7.88. The average Bonchev–Trinajstić information content (AvgIpc) is 2.95. The van der Waals surface area contributed by atoms with Gasteiger partial charge in [-0.05, 0) is 35.7 Å². The fourth-order valence-electron chi connectivity index (χ4n) is 3.38. The summed E-state index contributed by atoms with van der Waals surface area (Å²) in [6, 6.07) is 6.39. The molecule has 0 spiro atoms. The molecule has 0 saturated carbocycles. The van der Waals surface area contributed by atoms with Crippen LogP contribution in [-0.2, 0) is 24.9 Å². The smallest absolute Gasteiger partial charge is 0.133 e. The lowest BCUT2D eigenvalue weighted by atomic mass is 9.95. The molecule has 1 aromatic carbocycles. The van der Waals surface area contributed by atoms with Crippen LogP contribution in [0.25, 0.3) is 10.9 Å². The molecule has 2 aromatic heterocycles. The molecule has 3 heterocycles. The zero-order valence-corrected chi connectivity index (χ0v) is 16.5. The summed E-state index contributed by atoms with van der Waals surface area (Å²) in [4.78, 5) is 15.3. The van der Waals surface area contributed by atoms with E-state index in [9.17, 15) is 0 Å². The Morgan fingerprint density at radius 1 is 1.28 bits per heavy atom. The van der Waals surface area contributed by atoms with Crippen molar-refractivity contribution >= 4 is 26.8 Å². The molecule has 1 N–H and O–H groups in total. The van der Waals surface area contributed by atoms with Crippen LogP contribution in [-0.4, -0.2) is 26.4 Å². The van der Waals surface area contributed by atoms with Crippen LogP contribution in [0.3, 0.4) is 0 Å². The predicted molar refractivity (Wildman–Crippen MR) is 105 cm³/mol. The third-order valence-electron chi connectivity index (χ3n) is 4.82. The highest BCUT2D eigenvalue weighted by atomic mass is 79.9. The summed E-state index contributed by atoms with van der Waals surface area (Å²) in [5.41, 5.74) is 5.00. The second-order valence-corrected chi connectivity index (χ2v) is 8.80. The van der Waals surface area contributed by atoms with Crippen molar-refractivity contribution in [3.8, 4) is 0 Å². The molecule has 0 fully saturated rings. The van der Waals surface area contributed by atoms with E-state index in [2.05, 4.69) is 76.0 Å². The van der Waals surface area contributed by atoms with Gasteiger partial charge in [-0.15, -0.1) is 0 Å². The zero-order valence-electron chi connectivity index (χ0n) is 14.9. The Morgan fingerprint density at radius 2 is 2.12 bits per heavy atom. The Bertz CT molecular complexity index is 923. The maximum absolute atomic E-state index is 4.87. The van der Waals surface area contributed by atoms with E-state index in [4.69, 9.17) is 4.98 Å². The summed E-state index contributed by atoms with van der Waals surface area (Å²) in [5.74, 6) is 0.934. The summed E-state index contributed by atoms with van der Waals surface area (Å²) in [7, 11) is 0. The van der Waals surface area contributed by atoms with Gasteiger partial charge in [-0.25, -0.2) is 9.97 Å². The highest BCUT2D eigenvalue weighted by molar-refractivity contribution is 9.10. The average molecular weight is 399 g/mol. The summed E-state index contributed by atoms with van der Waals surface area (Å²) in [6.45, 7) is 9.37. The topological polar surface area (TPSA) is 44.8 Å². The first-order valence-electron chi connectivity index (χ1n) is 8.73. The largest absolute Gasteiger partial charge is 0.361 e. The number of rotatable bonds is 2. The normalized spacial score (nSPS) is 15.5. The quantitative estimate of drug-likeness (QED) is 0.686. The van der Waals surface area contributed by atoms with Gasteiger partial charge in [-0.1, -0.05) is 36.7 Å². The number of benzene rings is 1. The minimum Gasteiger partial charge on any atom is -0.361 e. The lowest BCUT2D eigenvalue weighted by Gasteiger charge is -2.29. The zero-order chi connectivity index (χ0) is 17.6. The standard InChI is InChI=1S/C20H23BrN4/c1-20(2,3)19-23-9-13-6-7-25(12-18(13)24-19)11-14-10-22-17-5-4-15(21)8-16(14)17/h4-5,8-10,22H,6-7,11-12H2,1-3H3. The molecule has 0 amide bonds. The molecular formula is C20H23BrN4. The van der Waals surface area contributed by atoms with Crippen LogP contribution in [0.1, 0.15) is 43.4 Å². The Hall–Kier alpha value is -1.72. The molecule has 25 heavy (non-hydrogen) atoms. The summed E-state index contributed by atoms with van der Waals surface area (Å²) >= 11 is 3.58. The Labute approximate surface area is 156 Å². The summed E-state index contributed by atoms with van der Waals surface area (Å²) in [6.07, 6.45) is 5.18. The molecule has 0 radical (unpaired) electrons. The van der Waals surface area contributed by atoms with Crippen LogP contribution in [0, 0.1) is 0 Å². The van der Waals surface area contributed by atoms with Crippen molar-refractivity contribution in [3.63, 3.8) is 0 Å². The van der Waals surface area contributed by atoms with Gasteiger partial charge < -0.3 is 4.98 Å². The molecule has 3 aromatic rings. The van der Waals surface area contributed by atoms with Crippen LogP contribution in [0.15, 0.2) is 35.1 Å². The highest BCUT2D eigenvalue weighted by Gasteiger charge is 2.23. The van der Waals surface area contributed by atoms with Crippen molar-refractivity contribution in [3.05, 3.63) is 57.7 Å². The van der Waals surface area contributed by atoms with Crippen molar-refractivity contribution in [2.45, 2.75) is 45.7 Å². The fourth-order valence-corrected chi connectivity index (χ4v) is 3.74. The third-order valence-corrected chi connectivity index (χ3v) is 5.31. The molecular weight excluding hydrogens is 376 g/mol. The number of halogens is 1. The Morgan fingerprint density at radius 3 is 2.92 bits per heavy atom. The minimum atomic E-state index is -0.0135. The molecule has 4 nitrogen and oxygen atoms in total. The Kier molecular flexibility index (Phi) is 4.16. The number of aromatic amines is 1. The van der Waals surface area contributed by atoms with Crippen molar-refractivity contribution in [2.75, 3.05) is 6.54 Å². The van der Waals surface area contributed by atoms with Gasteiger partial charge in [0, 0.05) is 52.8 Å². The van der Waals surface area contributed by atoms with Crippen LogP contribution < -0.4 is 0 Å². The number of nitrogens with one attached hydrogen (secondary N) is 1. The van der Waals surface area contributed by atoms with Crippen molar-refractivity contribution < 1.29 is 0 Å². The third kappa shape index (κ3) is 3.35. The number of aromatic nitrogens is 3. The van der Waals surface area contributed by atoms with Gasteiger partial charge in [0.05, 0.1) is 5.69 Å². The van der Waals surface area contributed by atoms with E-state index >= 15 is 0 Å². The van der Waals surface area contributed by atoms with Gasteiger partial charge in [0.1, 0.15) is 5.82 Å².